The highest BCUT2D eigenvalue weighted by Crippen LogP contribution is 2.25. The third-order valence-electron chi connectivity index (χ3n) is 4.21. The fourth-order valence-corrected chi connectivity index (χ4v) is 2.88. The van der Waals surface area contributed by atoms with Crippen LogP contribution >= 0.6 is 0 Å². The van der Waals surface area contributed by atoms with E-state index in [1.807, 2.05) is 0 Å². The van der Waals surface area contributed by atoms with E-state index >= 15 is 0 Å². The minimum absolute atomic E-state index is 0.165. The molecule has 0 bridgehead atoms. The SMILES string of the molecule is Cc1cc(CNC(=O)[C@@H]2C[C@@H](F)CN2)cc(-c2cnc(C(C)(F)F)nc2)n1. The van der Waals surface area contributed by atoms with Crippen molar-refractivity contribution in [3.8, 4) is 11.3 Å². The lowest BCUT2D eigenvalue weighted by Crippen LogP contribution is -2.40. The Morgan fingerprint density at radius 1 is 1.33 bits per heavy atom. The number of carbonyl (C=O) groups is 1. The Morgan fingerprint density at radius 3 is 2.63 bits per heavy atom. The number of nitrogens with one attached hydrogen (secondary N) is 2. The Morgan fingerprint density at radius 2 is 2.04 bits per heavy atom. The van der Waals surface area contributed by atoms with Gasteiger partial charge >= 0.3 is 5.92 Å². The first-order chi connectivity index (χ1) is 12.7. The molecule has 2 aromatic heterocycles. The summed E-state index contributed by atoms with van der Waals surface area (Å²) in [4.78, 5) is 23.9. The van der Waals surface area contributed by atoms with Gasteiger partial charge in [0, 0.05) is 50.1 Å². The first-order valence-corrected chi connectivity index (χ1v) is 8.56. The van der Waals surface area contributed by atoms with Crippen LogP contribution in [-0.4, -0.2) is 39.6 Å². The van der Waals surface area contributed by atoms with E-state index in [1.165, 1.54) is 12.4 Å². The molecule has 144 valence electrons. The number of aromatic nitrogens is 3. The summed E-state index contributed by atoms with van der Waals surface area (Å²) in [7, 11) is 0. The molecule has 27 heavy (non-hydrogen) atoms. The van der Waals surface area contributed by atoms with Crippen LogP contribution in [0.1, 0.15) is 30.4 Å². The van der Waals surface area contributed by atoms with Crippen LogP contribution in [0.5, 0.6) is 0 Å². The van der Waals surface area contributed by atoms with Crippen LogP contribution in [0.4, 0.5) is 13.2 Å². The number of aryl methyl sites for hydroxylation is 1. The Bertz CT molecular complexity index is 823. The average Bonchev–Trinajstić information content (AvgIpc) is 3.05. The molecule has 2 aromatic rings. The van der Waals surface area contributed by atoms with Crippen molar-refractivity contribution in [2.45, 2.75) is 44.9 Å². The van der Waals surface area contributed by atoms with Gasteiger partial charge in [-0.25, -0.2) is 14.4 Å². The first-order valence-electron chi connectivity index (χ1n) is 8.56. The molecule has 9 heteroatoms. The second-order valence-corrected chi connectivity index (χ2v) is 6.70. The molecule has 0 radical (unpaired) electrons. The van der Waals surface area contributed by atoms with Gasteiger partial charge in [0.1, 0.15) is 6.17 Å². The molecule has 0 saturated carbocycles. The van der Waals surface area contributed by atoms with Gasteiger partial charge in [-0.3, -0.25) is 9.78 Å². The van der Waals surface area contributed by atoms with Crippen molar-refractivity contribution in [1.29, 1.82) is 0 Å². The fraction of sp³-hybridized carbons (Fsp3) is 0.444. The van der Waals surface area contributed by atoms with E-state index in [0.29, 0.717) is 17.0 Å². The van der Waals surface area contributed by atoms with Crippen molar-refractivity contribution in [3.63, 3.8) is 0 Å². The maximum atomic E-state index is 13.2. The second kappa shape index (κ2) is 7.59. The molecule has 0 aliphatic carbocycles. The number of carbonyl (C=O) groups excluding carboxylic acids is 1. The summed E-state index contributed by atoms with van der Waals surface area (Å²) in [5, 5.41) is 5.60. The number of hydrogen-bond acceptors (Lipinski definition) is 5. The van der Waals surface area contributed by atoms with E-state index in [0.717, 1.165) is 12.5 Å². The molecule has 2 atom stereocenters. The van der Waals surface area contributed by atoms with E-state index < -0.39 is 24.0 Å². The molecule has 3 rings (SSSR count). The van der Waals surface area contributed by atoms with E-state index in [1.54, 1.807) is 19.1 Å². The standard InChI is InChI=1S/C18H20F3N5O/c1-10-3-11(6-23-16(27)15-5-13(19)9-22-15)4-14(26-10)12-7-24-17(25-8-12)18(2,20)21/h3-4,7-8,13,15,22H,5-6,9H2,1-2H3,(H,23,27)/t13-,15+/m1/s1. The molecular formula is C18H20F3N5O. The molecule has 6 nitrogen and oxygen atoms in total. The highest BCUT2D eigenvalue weighted by molar-refractivity contribution is 5.82. The summed E-state index contributed by atoms with van der Waals surface area (Å²) in [6.45, 7) is 2.95. The zero-order valence-corrected chi connectivity index (χ0v) is 15.0. The van der Waals surface area contributed by atoms with Crippen LogP contribution in [0.2, 0.25) is 0 Å². The Labute approximate surface area is 154 Å². The van der Waals surface area contributed by atoms with Crippen LogP contribution < -0.4 is 10.6 Å². The van der Waals surface area contributed by atoms with Crippen molar-refractivity contribution < 1.29 is 18.0 Å². The Balaban J connectivity index is 1.71. The van der Waals surface area contributed by atoms with Crippen molar-refractivity contribution in [2.24, 2.45) is 0 Å². The molecule has 1 amide bonds. The molecule has 1 aliphatic heterocycles. The monoisotopic (exact) mass is 379 g/mol. The van der Waals surface area contributed by atoms with Crippen LogP contribution in [0, 0.1) is 6.92 Å². The highest BCUT2D eigenvalue weighted by Gasteiger charge is 2.29. The maximum absolute atomic E-state index is 13.2. The molecule has 0 spiro atoms. The van der Waals surface area contributed by atoms with Gasteiger partial charge in [-0.05, 0) is 24.6 Å². The second-order valence-electron chi connectivity index (χ2n) is 6.70. The summed E-state index contributed by atoms with van der Waals surface area (Å²) in [6, 6.07) is 3.01. The van der Waals surface area contributed by atoms with Gasteiger partial charge in [0.15, 0.2) is 5.82 Å². The number of amides is 1. The average molecular weight is 379 g/mol. The summed E-state index contributed by atoms with van der Waals surface area (Å²) >= 11 is 0. The first kappa shape index (κ1) is 19.2. The predicted octanol–water partition coefficient (Wildman–Crippen LogP) is 2.27. The van der Waals surface area contributed by atoms with Gasteiger partial charge in [0.25, 0.3) is 0 Å². The fourth-order valence-electron chi connectivity index (χ4n) is 2.88. The van der Waals surface area contributed by atoms with E-state index in [4.69, 9.17) is 0 Å². The molecule has 2 N–H and O–H groups in total. The molecule has 0 aromatic carbocycles. The van der Waals surface area contributed by atoms with Crippen LogP contribution in [0.25, 0.3) is 11.3 Å². The zero-order chi connectivity index (χ0) is 19.6. The quantitative estimate of drug-likeness (QED) is 0.833. The van der Waals surface area contributed by atoms with Crippen molar-refractivity contribution >= 4 is 5.91 Å². The van der Waals surface area contributed by atoms with Crippen molar-refractivity contribution in [1.82, 2.24) is 25.6 Å². The molecule has 1 fully saturated rings. The summed E-state index contributed by atoms with van der Waals surface area (Å²) in [6.07, 6.45) is 1.76. The van der Waals surface area contributed by atoms with Gasteiger partial charge in [-0.2, -0.15) is 8.78 Å². The minimum Gasteiger partial charge on any atom is -0.351 e. The van der Waals surface area contributed by atoms with Crippen LogP contribution in [0.15, 0.2) is 24.5 Å². The van der Waals surface area contributed by atoms with Gasteiger partial charge < -0.3 is 10.6 Å². The lowest BCUT2D eigenvalue weighted by molar-refractivity contribution is -0.123. The van der Waals surface area contributed by atoms with Gasteiger partial charge in [-0.1, -0.05) is 0 Å². The van der Waals surface area contributed by atoms with Crippen molar-refractivity contribution in [3.05, 3.63) is 41.6 Å². The van der Waals surface area contributed by atoms with Crippen LogP contribution in [-0.2, 0) is 17.3 Å². The molecule has 1 aliphatic rings. The van der Waals surface area contributed by atoms with E-state index in [2.05, 4.69) is 25.6 Å². The minimum atomic E-state index is -3.11. The normalized spacial score (nSPS) is 19.9. The summed E-state index contributed by atoms with van der Waals surface area (Å²) in [5.41, 5.74) is 2.50. The van der Waals surface area contributed by atoms with Crippen LogP contribution in [0.3, 0.4) is 0 Å². The zero-order valence-electron chi connectivity index (χ0n) is 15.0. The smallest absolute Gasteiger partial charge is 0.303 e. The third-order valence-corrected chi connectivity index (χ3v) is 4.21. The molecule has 0 unspecified atom stereocenters. The maximum Gasteiger partial charge on any atom is 0.303 e. The number of pyridine rings is 1. The molecule has 1 saturated heterocycles. The predicted molar refractivity (Wildman–Crippen MR) is 92.7 cm³/mol. The van der Waals surface area contributed by atoms with E-state index in [-0.39, 0.29) is 25.4 Å². The number of rotatable bonds is 5. The lowest BCUT2D eigenvalue weighted by atomic mass is 10.1. The van der Waals surface area contributed by atoms with E-state index in [9.17, 15) is 18.0 Å². The van der Waals surface area contributed by atoms with Gasteiger partial charge in [-0.15, -0.1) is 0 Å². The van der Waals surface area contributed by atoms with Crippen molar-refractivity contribution in [2.75, 3.05) is 6.54 Å². The summed E-state index contributed by atoms with van der Waals surface area (Å²) in [5.74, 6) is -3.92. The molecular weight excluding hydrogens is 359 g/mol. The molecule has 3 heterocycles. The Kier molecular flexibility index (Phi) is 5.41. The van der Waals surface area contributed by atoms with Gasteiger partial charge in [0.05, 0.1) is 11.7 Å². The number of nitrogens with zero attached hydrogens (tertiary/aromatic N) is 3. The highest BCUT2D eigenvalue weighted by atomic mass is 19.3. The number of hydrogen-bond donors (Lipinski definition) is 2. The Hall–Kier alpha value is -2.55. The summed E-state index contributed by atoms with van der Waals surface area (Å²) < 4.78 is 39.7. The number of alkyl halides is 3. The van der Waals surface area contributed by atoms with Gasteiger partial charge in [0.2, 0.25) is 5.91 Å². The topological polar surface area (TPSA) is 79.8 Å². The number of halogens is 3. The largest absolute Gasteiger partial charge is 0.351 e. The third kappa shape index (κ3) is 4.79. The lowest BCUT2D eigenvalue weighted by Gasteiger charge is -2.12.